The Hall–Kier alpha value is -2.63. The minimum Gasteiger partial charge on any atom is -0.482 e. The van der Waals surface area contributed by atoms with Crippen molar-refractivity contribution in [2.75, 3.05) is 18.6 Å². The molecule has 1 aromatic heterocycles. The fourth-order valence-electron chi connectivity index (χ4n) is 2.13. The molecule has 20 heavy (non-hydrogen) atoms. The van der Waals surface area contributed by atoms with Gasteiger partial charge >= 0.3 is 0 Å². The van der Waals surface area contributed by atoms with E-state index in [-0.39, 0.29) is 18.3 Å². The normalized spacial score (nSPS) is 13.9. The first kappa shape index (κ1) is 12.4. The van der Waals surface area contributed by atoms with E-state index in [1.807, 2.05) is 0 Å². The van der Waals surface area contributed by atoms with Crippen LogP contribution in [0.2, 0.25) is 0 Å². The van der Waals surface area contributed by atoms with Crippen LogP contribution in [0.15, 0.2) is 30.6 Å². The van der Waals surface area contributed by atoms with Gasteiger partial charge < -0.3 is 14.2 Å². The lowest BCUT2D eigenvalue weighted by atomic mass is 10.1. The molecule has 0 radical (unpaired) electrons. The molecule has 0 atom stereocenters. The van der Waals surface area contributed by atoms with Crippen LogP contribution in [0.25, 0.3) is 0 Å². The van der Waals surface area contributed by atoms with E-state index in [0.29, 0.717) is 22.8 Å². The third-order valence-electron chi connectivity index (χ3n) is 3.33. The summed E-state index contributed by atoms with van der Waals surface area (Å²) in [4.78, 5) is 29.5. The Labute approximate surface area is 115 Å². The van der Waals surface area contributed by atoms with Crippen molar-refractivity contribution in [3.63, 3.8) is 0 Å². The highest BCUT2D eigenvalue weighted by atomic mass is 16.5. The van der Waals surface area contributed by atoms with E-state index in [1.54, 1.807) is 49.3 Å². The highest BCUT2D eigenvalue weighted by molar-refractivity contribution is 6.08. The number of ketones is 1. The maximum absolute atomic E-state index is 12.4. The van der Waals surface area contributed by atoms with Crippen LogP contribution in [-0.4, -0.2) is 34.9 Å². The van der Waals surface area contributed by atoms with E-state index in [1.165, 1.54) is 4.90 Å². The molecular weight excluding hydrogens is 258 g/mol. The molecule has 0 aliphatic carbocycles. The van der Waals surface area contributed by atoms with Crippen molar-refractivity contribution in [3.8, 4) is 5.75 Å². The molecule has 0 spiro atoms. The van der Waals surface area contributed by atoms with Crippen molar-refractivity contribution >= 4 is 17.4 Å². The molecule has 1 aliphatic heterocycles. The van der Waals surface area contributed by atoms with Crippen LogP contribution in [0.1, 0.15) is 16.2 Å². The summed E-state index contributed by atoms with van der Waals surface area (Å²) in [6, 6.07) is 5.04. The van der Waals surface area contributed by atoms with Crippen LogP contribution in [0.4, 0.5) is 5.69 Å². The molecule has 1 aromatic carbocycles. The average Bonchev–Trinajstić information content (AvgIpc) is 2.88. The summed E-state index contributed by atoms with van der Waals surface area (Å²) in [5.41, 5.74) is 1.07. The Morgan fingerprint density at radius 1 is 1.35 bits per heavy atom. The van der Waals surface area contributed by atoms with Gasteiger partial charge in [-0.15, -0.1) is 0 Å². The third kappa shape index (κ3) is 1.85. The minimum atomic E-state index is -0.188. The summed E-state index contributed by atoms with van der Waals surface area (Å²) in [5.74, 6) is 0.630. The quantitative estimate of drug-likeness (QED) is 0.765. The highest BCUT2D eigenvalue weighted by Crippen LogP contribution is 2.32. The highest BCUT2D eigenvalue weighted by Gasteiger charge is 2.24. The second-order valence-corrected chi connectivity index (χ2v) is 4.61. The largest absolute Gasteiger partial charge is 0.482 e. The molecule has 0 unspecified atom stereocenters. The van der Waals surface area contributed by atoms with Crippen LogP contribution in [-0.2, 0) is 11.8 Å². The Morgan fingerprint density at radius 3 is 2.85 bits per heavy atom. The summed E-state index contributed by atoms with van der Waals surface area (Å²) in [6.07, 6.45) is 3.29. The number of imidazole rings is 1. The van der Waals surface area contributed by atoms with E-state index < -0.39 is 0 Å². The van der Waals surface area contributed by atoms with Crippen LogP contribution in [0.5, 0.6) is 5.75 Å². The maximum atomic E-state index is 12.4. The molecule has 102 valence electrons. The monoisotopic (exact) mass is 271 g/mol. The first-order valence-corrected chi connectivity index (χ1v) is 6.13. The number of amides is 1. The predicted octanol–water partition coefficient (Wildman–Crippen LogP) is 1.01. The molecule has 6 nitrogen and oxygen atoms in total. The predicted molar refractivity (Wildman–Crippen MR) is 72.0 cm³/mol. The van der Waals surface area contributed by atoms with Gasteiger partial charge in [-0.05, 0) is 18.2 Å². The molecule has 0 fully saturated rings. The second-order valence-electron chi connectivity index (χ2n) is 4.61. The van der Waals surface area contributed by atoms with Gasteiger partial charge in [0.15, 0.2) is 12.4 Å². The van der Waals surface area contributed by atoms with Crippen LogP contribution >= 0.6 is 0 Å². The van der Waals surface area contributed by atoms with E-state index in [0.717, 1.165) is 0 Å². The van der Waals surface area contributed by atoms with Gasteiger partial charge in [0.25, 0.3) is 5.91 Å². The molecule has 6 heteroatoms. The van der Waals surface area contributed by atoms with E-state index in [4.69, 9.17) is 4.74 Å². The number of aromatic nitrogens is 2. The van der Waals surface area contributed by atoms with E-state index in [2.05, 4.69) is 4.98 Å². The lowest BCUT2D eigenvalue weighted by Crippen LogP contribution is -2.35. The van der Waals surface area contributed by atoms with Gasteiger partial charge in [0.2, 0.25) is 5.78 Å². The van der Waals surface area contributed by atoms with Gasteiger partial charge in [0.1, 0.15) is 5.75 Å². The van der Waals surface area contributed by atoms with Crippen LogP contribution < -0.4 is 9.64 Å². The summed E-state index contributed by atoms with van der Waals surface area (Å²) < 4.78 is 6.99. The van der Waals surface area contributed by atoms with Gasteiger partial charge in [0, 0.05) is 32.1 Å². The van der Waals surface area contributed by atoms with Crippen molar-refractivity contribution in [1.29, 1.82) is 0 Å². The summed E-state index contributed by atoms with van der Waals surface area (Å²) in [5, 5.41) is 0. The van der Waals surface area contributed by atoms with Gasteiger partial charge in [-0.1, -0.05) is 0 Å². The fourth-order valence-corrected chi connectivity index (χ4v) is 2.13. The number of ether oxygens (including phenoxy) is 1. The molecular formula is C14H13N3O3. The van der Waals surface area contributed by atoms with Crippen molar-refractivity contribution in [1.82, 2.24) is 9.55 Å². The SMILES string of the molecule is CN1C(=O)COc2ccc(C(=O)c3nccn3C)cc21. The molecule has 1 amide bonds. The topological polar surface area (TPSA) is 64.4 Å². The summed E-state index contributed by atoms with van der Waals surface area (Å²) >= 11 is 0. The molecule has 0 saturated carbocycles. The standard InChI is InChI=1S/C14H13N3O3/c1-16-6-5-15-14(16)13(19)9-3-4-11-10(7-9)17(2)12(18)8-20-11/h3-7H,8H2,1-2H3. The lowest BCUT2D eigenvalue weighted by molar-refractivity contribution is -0.120. The first-order chi connectivity index (χ1) is 9.58. The van der Waals surface area contributed by atoms with Gasteiger partial charge in [0.05, 0.1) is 5.69 Å². The number of hydrogen-bond acceptors (Lipinski definition) is 4. The first-order valence-electron chi connectivity index (χ1n) is 6.13. The summed E-state index contributed by atoms with van der Waals surface area (Å²) in [6.45, 7) is 0.0240. The number of carbonyl (C=O) groups excluding carboxylic acids is 2. The maximum Gasteiger partial charge on any atom is 0.264 e. The molecule has 0 N–H and O–H groups in total. The van der Waals surface area contributed by atoms with E-state index in [9.17, 15) is 9.59 Å². The number of hydrogen-bond donors (Lipinski definition) is 0. The number of likely N-dealkylation sites (N-methyl/N-ethyl adjacent to an activating group) is 1. The number of anilines is 1. The molecule has 3 rings (SSSR count). The number of carbonyl (C=O) groups is 2. The fraction of sp³-hybridized carbons (Fsp3) is 0.214. The number of benzene rings is 1. The Morgan fingerprint density at radius 2 is 2.15 bits per heavy atom. The van der Waals surface area contributed by atoms with Crippen molar-refractivity contribution < 1.29 is 14.3 Å². The number of fused-ring (bicyclic) bond motifs is 1. The molecule has 0 bridgehead atoms. The van der Waals surface area contributed by atoms with E-state index >= 15 is 0 Å². The Kier molecular flexibility index (Phi) is 2.78. The van der Waals surface area contributed by atoms with Gasteiger partial charge in [-0.2, -0.15) is 0 Å². The Balaban J connectivity index is 2.03. The van der Waals surface area contributed by atoms with Crippen molar-refractivity contribution in [3.05, 3.63) is 42.0 Å². The van der Waals surface area contributed by atoms with Crippen LogP contribution in [0.3, 0.4) is 0 Å². The average molecular weight is 271 g/mol. The third-order valence-corrected chi connectivity index (χ3v) is 3.33. The van der Waals surface area contributed by atoms with Gasteiger partial charge in [-0.25, -0.2) is 4.98 Å². The molecule has 2 heterocycles. The zero-order valence-corrected chi connectivity index (χ0v) is 11.2. The molecule has 0 saturated heterocycles. The number of aryl methyl sites for hydroxylation is 1. The van der Waals surface area contributed by atoms with Crippen LogP contribution in [0, 0.1) is 0 Å². The minimum absolute atomic E-state index is 0.0240. The lowest BCUT2D eigenvalue weighted by Gasteiger charge is -2.26. The molecule has 2 aromatic rings. The smallest absolute Gasteiger partial charge is 0.264 e. The molecule has 1 aliphatic rings. The zero-order chi connectivity index (χ0) is 14.3. The van der Waals surface area contributed by atoms with Crippen molar-refractivity contribution in [2.45, 2.75) is 0 Å². The van der Waals surface area contributed by atoms with Crippen molar-refractivity contribution in [2.24, 2.45) is 7.05 Å². The Bertz CT molecular complexity index is 705. The number of rotatable bonds is 2. The second kappa shape index (κ2) is 4.48. The summed E-state index contributed by atoms with van der Waals surface area (Å²) in [7, 11) is 3.43. The van der Waals surface area contributed by atoms with Gasteiger partial charge in [-0.3, -0.25) is 9.59 Å². The zero-order valence-electron chi connectivity index (χ0n) is 11.2. The number of nitrogens with zero attached hydrogens (tertiary/aromatic N) is 3.